The average Bonchev–Trinajstić information content (AvgIpc) is 2.73. The molecule has 1 heterocycles. The van der Waals surface area contributed by atoms with E-state index in [9.17, 15) is 19.2 Å². The maximum Gasteiger partial charge on any atom is 0.335 e. The van der Waals surface area contributed by atoms with Crippen LogP contribution in [-0.2, 0) is 14.4 Å². The molecule has 0 aliphatic carbocycles. The van der Waals surface area contributed by atoms with Crippen LogP contribution >= 0.6 is 34.2 Å². The van der Waals surface area contributed by atoms with Crippen molar-refractivity contribution in [3.05, 3.63) is 55.6 Å². The van der Waals surface area contributed by atoms with Gasteiger partial charge in [0.15, 0.2) is 18.1 Å². The fraction of sp³-hybridized carbons (Fsp3) is 0.182. The number of anilines is 1. The van der Waals surface area contributed by atoms with Crippen LogP contribution in [0.25, 0.3) is 6.08 Å². The third kappa shape index (κ3) is 5.45. The number of rotatable bonds is 7. The summed E-state index contributed by atoms with van der Waals surface area (Å²) >= 11 is 8.02. The smallest absolute Gasteiger partial charge is 0.335 e. The zero-order valence-electron chi connectivity index (χ0n) is 17.6. The largest absolute Gasteiger partial charge is 0.490 e. The van der Waals surface area contributed by atoms with Crippen molar-refractivity contribution in [3.63, 3.8) is 0 Å². The Bertz CT molecular complexity index is 1200. The Labute approximate surface area is 208 Å². The third-order valence-corrected chi connectivity index (χ3v) is 5.55. The van der Waals surface area contributed by atoms with Gasteiger partial charge in [0.1, 0.15) is 5.57 Å². The SMILES string of the molecule is CCOc1cc(/C=C2\C(=O)NC(=O)N(c3cc(Cl)ccc3C)C2=O)cc(I)c1OCC(N)=O. The molecule has 2 aromatic rings. The molecule has 1 aliphatic heterocycles. The maximum absolute atomic E-state index is 13.2. The molecule has 33 heavy (non-hydrogen) atoms. The number of amides is 5. The van der Waals surface area contributed by atoms with Gasteiger partial charge in [0, 0.05) is 5.02 Å². The number of primary amides is 1. The Morgan fingerprint density at radius 3 is 2.61 bits per heavy atom. The summed E-state index contributed by atoms with van der Waals surface area (Å²) in [7, 11) is 0. The summed E-state index contributed by atoms with van der Waals surface area (Å²) in [4.78, 5) is 50.1. The maximum atomic E-state index is 13.2. The topological polar surface area (TPSA) is 128 Å². The Morgan fingerprint density at radius 2 is 1.94 bits per heavy atom. The van der Waals surface area contributed by atoms with Crippen molar-refractivity contribution in [1.82, 2.24) is 5.32 Å². The number of nitrogens with one attached hydrogen (secondary N) is 1. The van der Waals surface area contributed by atoms with Gasteiger partial charge in [-0.05, 0) is 77.9 Å². The zero-order chi connectivity index (χ0) is 24.3. The first-order chi connectivity index (χ1) is 15.6. The molecule has 0 atom stereocenters. The number of carbonyl (C=O) groups is 4. The van der Waals surface area contributed by atoms with Gasteiger partial charge >= 0.3 is 6.03 Å². The van der Waals surface area contributed by atoms with Crippen LogP contribution in [0.15, 0.2) is 35.9 Å². The minimum absolute atomic E-state index is 0.252. The molecule has 1 saturated heterocycles. The monoisotopic (exact) mass is 583 g/mol. The van der Waals surface area contributed by atoms with Crippen LogP contribution in [0.3, 0.4) is 0 Å². The van der Waals surface area contributed by atoms with E-state index in [0.29, 0.717) is 37.8 Å². The lowest BCUT2D eigenvalue weighted by Gasteiger charge is -2.27. The summed E-state index contributed by atoms with van der Waals surface area (Å²) < 4.78 is 11.6. The van der Waals surface area contributed by atoms with E-state index in [-0.39, 0.29) is 17.9 Å². The second-order valence-corrected chi connectivity index (χ2v) is 8.51. The highest BCUT2D eigenvalue weighted by atomic mass is 127. The molecule has 1 aliphatic rings. The van der Waals surface area contributed by atoms with Gasteiger partial charge in [0.05, 0.1) is 15.9 Å². The lowest BCUT2D eigenvalue weighted by atomic mass is 10.1. The normalized spacial score (nSPS) is 15.0. The molecule has 0 bridgehead atoms. The van der Waals surface area contributed by atoms with Crippen LogP contribution in [0.1, 0.15) is 18.1 Å². The Morgan fingerprint density at radius 1 is 1.21 bits per heavy atom. The Kier molecular flexibility index (Phi) is 7.59. The predicted molar refractivity (Wildman–Crippen MR) is 130 cm³/mol. The third-order valence-electron chi connectivity index (χ3n) is 4.52. The van der Waals surface area contributed by atoms with Crippen LogP contribution in [0.4, 0.5) is 10.5 Å². The van der Waals surface area contributed by atoms with Gasteiger partial charge in [-0.1, -0.05) is 17.7 Å². The van der Waals surface area contributed by atoms with E-state index < -0.39 is 23.8 Å². The first-order valence-electron chi connectivity index (χ1n) is 9.67. The highest BCUT2D eigenvalue weighted by Gasteiger charge is 2.37. The number of carbonyl (C=O) groups excluding carboxylic acids is 4. The number of nitrogens with two attached hydrogens (primary N) is 1. The van der Waals surface area contributed by atoms with Crippen LogP contribution in [-0.4, -0.2) is 37.0 Å². The van der Waals surface area contributed by atoms with Gasteiger partial charge in [0.25, 0.3) is 17.7 Å². The molecule has 0 radical (unpaired) electrons. The highest BCUT2D eigenvalue weighted by Crippen LogP contribution is 2.35. The van der Waals surface area contributed by atoms with Crippen molar-refractivity contribution >= 4 is 69.7 Å². The van der Waals surface area contributed by atoms with Crippen LogP contribution in [0.2, 0.25) is 5.02 Å². The van der Waals surface area contributed by atoms with E-state index in [1.807, 2.05) is 22.6 Å². The number of nitrogens with zero attached hydrogens (tertiary/aromatic N) is 1. The molecular weight excluding hydrogens is 565 g/mol. The number of hydrogen-bond acceptors (Lipinski definition) is 6. The molecule has 0 aromatic heterocycles. The summed E-state index contributed by atoms with van der Waals surface area (Å²) in [5.41, 5.74) is 6.24. The first kappa shape index (κ1) is 24.5. The van der Waals surface area contributed by atoms with Crippen LogP contribution in [0.5, 0.6) is 11.5 Å². The van der Waals surface area contributed by atoms with E-state index in [1.165, 1.54) is 12.1 Å². The fourth-order valence-corrected chi connectivity index (χ4v) is 4.03. The minimum Gasteiger partial charge on any atom is -0.490 e. The summed E-state index contributed by atoms with van der Waals surface area (Å²) in [5.74, 6) is -1.66. The van der Waals surface area contributed by atoms with Gasteiger partial charge in [-0.15, -0.1) is 0 Å². The molecule has 1 fully saturated rings. The van der Waals surface area contributed by atoms with Crippen molar-refractivity contribution in [3.8, 4) is 11.5 Å². The second kappa shape index (κ2) is 10.2. The molecule has 11 heteroatoms. The number of hydrogen-bond donors (Lipinski definition) is 2. The van der Waals surface area contributed by atoms with Crippen molar-refractivity contribution in [2.24, 2.45) is 5.73 Å². The molecular formula is C22H19ClIN3O6. The standard InChI is InChI=1S/C22H19ClIN3O6/c1-3-32-17-8-12(7-15(24)19(17)33-10-18(25)28)6-14-20(29)26-22(31)27(21(14)30)16-9-13(23)5-4-11(16)2/h4-9H,3,10H2,1-2H3,(H2,25,28)(H,26,29,31)/b14-6+. The number of aryl methyl sites for hydroxylation is 1. The van der Waals surface area contributed by atoms with Crippen molar-refractivity contribution < 1.29 is 28.7 Å². The first-order valence-corrected chi connectivity index (χ1v) is 11.1. The van der Waals surface area contributed by atoms with Gasteiger partial charge in [-0.2, -0.15) is 0 Å². The molecule has 9 nitrogen and oxygen atoms in total. The average molecular weight is 584 g/mol. The van der Waals surface area contributed by atoms with E-state index >= 15 is 0 Å². The van der Waals surface area contributed by atoms with Gasteiger partial charge < -0.3 is 15.2 Å². The number of halogens is 2. The highest BCUT2D eigenvalue weighted by molar-refractivity contribution is 14.1. The summed E-state index contributed by atoms with van der Waals surface area (Å²) in [6.07, 6.45) is 1.35. The minimum atomic E-state index is -0.868. The number of urea groups is 1. The van der Waals surface area contributed by atoms with Crippen molar-refractivity contribution in [1.29, 1.82) is 0 Å². The fourth-order valence-electron chi connectivity index (χ4n) is 3.08. The summed E-state index contributed by atoms with van der Waals surface area (Å²) in [6, 6.07) is 7.10. The van der Waals surface area contributed by atoms with Gasteiger partial charge in [0.2, 0.25) is 0 Å². The second-order valence-electron chi connectivity index (χ2n) is 6.91. The van der Waals surface area contributed by atoms with Crippen molar-refractivity contribution in [2.75, 3.05) is 18.1 Å². The van der Waals surface area contributed by atoms with E-state index in [2.05, 4.69) is 5.32 Å². The summed E-state index contributed by atoms with van der Waals surface area (Å²) in [6.45, 7) is 3.45. The number of benzene rings is 2. The molecule has 2 aromatic carbocycles. The van der Waals surface area contributed by atoms with E-state index in [4.69, 9.17) is 26.8 Å². The molecule has 0 unspecified atom stereocenters. The molecule has 172 valence electrons. The molecule has 0 spiro atoms. The molecule has 0 saturated carbocycles. The number of imide groups is 2. The van der Waals surface area contributed by atoms with Crippen LogP contribution < -0.4 is 25.4 Å². The lowest BCUT2D eigenvalue weighted by Crippen LogP contribution is -2.54. The summed E-state index contributed by atoms with van der Waals surface area (Å²) in [5, 5.41) is 2.51. The number of barbiturate groups is 1. The molecule has 3 rings (SSSR count). The Hall–Kier alpha value is -3.12. The zero-order valence-corrected chi connectivity index (χ0v) is 20.5. The van der Waals surface area contributed by atoms with Gasteiger partial charge in [-0.3, -0.25) is 19.7 Å². The van der Waals surface area contributed by atoms with E-state index in [1.54, 1.807) is 38.1 Å². The quantitative estimate of drug-likeness (QED) is 0.293. The van der Waals surface area contributed by atoms with Crippen LogP contribution in [0, 0.1) is 10.5 Å². The number of ether oxygens (including phenoxy) is 2. The van der Waals surface area contributed by atoms with Crippen molar-refractivity contribution in [2.45, 2.75) is 13.8 Å². The molecule has 3 N–H and O–H groups in total. The molecule has 5 amide bonds. The predicted octanol–water partition coefficient (Wildman–Crippen LogP) is 3.18. The Balaban J connectivity index is 2.04. The van der Waals surface area contributed by atoms with Gasteiger partial charge in [-0.25, -0.2) is 9.69 Å². The lowest BCUT2D eigenvalue weighted by molar-refractivity contribution is -0.123. The van der Waals surface area contributed by atoms with E-state index in [0.717, 1.165) is 4.90 Å².